The van der Waals surface area contributed by atoms with E-state index in [1.807, 2.05) is 0 Å². The molecule has 1 heteroatoms. The second-order valence-electron chi connectivity index (χ2n) is 8.24. The molecule has 142 valence electrons. The van der Waals surface area contributed by atoms with Crippen molar-refractivity contribution in [2.24, 2.45) is 0 Å². The summed E-state index contributed by atoms with van der Waals surface area (Å²) in [5.41, 5.74) is 4.11. The standard InChI is InChI=1S/C29H22Si/c1-21-15-18-24(19-16-21)30(23-10-3-2-4-11-23)28-14-8-7-13-26(28)27-20-17-22-9-5-6-12-25(22)29(27)30/h2-20H,1H3. The zero-order valence-electron chi connectivity index (χ0n) is 17.0. The maximum atomic E-state index is 2.38. The third-order valence-corrected chi connectivity index (χ3v) is 11.5. The molecule has 5 aromatic carbocycles. The second-order valence-corrected chi connectivity index (χ2v) is 11.9. The lowest BCUT2D eigenvalue weighted by Gasteiger charge is -2.32. The van der Waals surface area contributed by atoms with Gasteiger partial charge < -0.3 is 0 Å². The lowest BCUT2D eigenvalue weighted by molar-refractivity contribution is 1.49. The van der Waals surface area contributed by atoms with Crippen LogP contribution in [0.25, 0.3) is 21.9 Å². The number of fused-ring (bicyclic) bond motifs is 5. The second kappa shape index (κ2) is 6.55. The molecule has 0 nitrogen and oxygen atoms in total. The SMILES string of the molecule is Cc1ccc([Si]2(c3ccccc3)c3ccccc3-c3ccc4ccccc4c32)cc1. The first kappa shape index (κ1) is 17.4. The van der Waals surface area contributed by atoms with E-state index in [4.69, 9.17) is 0 Å². The highest BCUT2D eigenvalue weighted by atomic mass is 28.3. The summed E-state index contributed by atoms with van der Waals surface area (Å²) < 4.78 is 0. The first-order chi connectivity index (χ1) is 14.8. The van der Waals surface area contributed by atoms with Crippen molar-refractivity contribution in [2.45, 2.75) is 6.92 Å². The van der Waals surface area contributed by atoms with Crippen molar-refractivity contribution in [3.8, 4) is 11.1 Å². The molecule has 5 aromatic rings. The summed E-state index contributed by atoms with van der Waals surface area (Å²) in [7, 11) is -2.41. The minimum Gasteiger partial charge on any atom is -0.0623 e. The monoisotopic (exact) mass is 398 g/mol. The maximum absolute atomic E-state index is 2.41. The van der Waals surface area contributed by atoms with Crippen molar-refractivity contribution in [3.05, 3.63) is 121 Å². The zero-order valence-corrected chi connectivity index (χ0v) is 18.0. The van der Waals surface area contributed by atoms with E-state index in [0.717, 1.165) is 0 Å². The van der Waals surface area contributed by atoms with Gasteiger partial charge in [0.2, 0.25) is 0 Å². The summed E-state index contributed by atoms with van der Waals surface area (Å²) >= 11 is 0. The minimum absolute atomic E-state index is 1.31. The van der Waals surface area contributed by atoms with Crippen LogP contribution in [0, 0.1) is 6.92 Å². The van der Waals surface area contributed by atoms with Gasteiger partial charge in [-0.15, -0.1) is 0 Å². The van der Waals surface area contributed by atoms with Crippen LogP contribution in [0.15, 0.2) is 115 Å². The van der Waals surface area contributed by atoms with Crippen molar-refractivity contribution < 1.29 is 0 Å². The Balaban J connectivity index is 1.86. The van der Waals surface area contributed by atoms with Gasteiger partial charge in [-0.2, -0.15) is 0 Å². The van der Waals surface area contributed by atoms with Crippen molar-refractivity contribution in [2.75, 3.05) is 0 Å². The highest BCUT2D eigenvalue weighted by Gasteiger charge is 2.49. The highest BCUT2D eigenvalue weighted by Crippen LogP contribution is 2.32. The van der Waals surface area contributed by atoms with Crippen LogP contribution < -0.4 is 20.7 Å². The van der Waals surface area contributed by atoms with E-state index < -0.39 is 8.07 Å². The lowest BCUT2D eigenvalue weighted by Crippen LogP contribution is -2.73. The molecule has 1 aliphatic heterocycles. The smallest absolute Gasteiger partial charge is 0.0623 e. The van der Waals surface area contributed by atoms with Gasteiger partial charge in [0.05, 0.1) is 0 Å². The van der Waals surface area contributed by atoms with Gasteiger partial charge in [0.1, 0.15) is 0 Å². The average Bonchev–Trinajstić information content (AvgIpc) is 3.12. The van der Waals surface area contributed by atoms with Crippen LogP contribution in [0.5, 0.6) is 0 Å². The van der Waals surface area contributed by atoms with Crippen LogP contribution >= 0.6 is 0 Å². The van der Waals surface area contributed by atoms with Gasteiger partial charge in [-0.05, 0) is 49.6 Å². The Bertz CT molecular complexity index is 1380. The molecule has 1 unspecified atom stereocenters. The van der Waals surface area contributed by atoms with Gasteiger partial charge in [0.25, 0.3) is 0 Å². The molecule has 1 atom stereocenters. The molecule has 0 amide bonds. The molecule has 0 fully saturated rings. The Morgan fingerprint density at radius 1 is 0.500 bits per heavy atom. The molecule has 0 aromatic heterocycles. The van der Waals surface area contributed by atoms with E-state index in [0.29, 0.717) is 0 Å². The molecule has 0 bridgehead atoms. The molecule has 0 saturated heterocycles. The molecule has 1 heterocycles. The number of hydrogen-bond donors (Lipinski definition) is 0. The quantitative estimate of drug-likeness (QED) is 0.377. The summed E-state index contributed by atoms with van der Waals surface area (Å²) in [6.07, 6.45) is 0. The van der Waals surface area contributed by atoms with E-state index >= 15 is 0 Å². The van der Waals surface area contributed by atoms with Gasteiger partial charge in [-0.1, -0.05) is 121 Å². The zero-order chi connectivity index (χ0) is 20.1. The molecule has 30 heavy (non-hydrogen) atoms. The molecular formula is C29H22Si. The minimum atomic E-state index is -2.41. The Labute approximate surface area is 178 Å². The summed E-state index contributed by atoms with van der Waals surface area (Å²) in [5, 5.41) is 8.67. The number of benzene rings is 5. The van der Waals surface area contributed by atoms with Gasteiger partial charge in [0, 0.05) is 0 Å². The van der Waals surface area contributed by atoms with Gasteiger partial charge >= 0.3 is 0 Å². The van der Waals surface area contributed by atoms with Crippen LogP contribution in [0.2, 0.25) is 0 Å². The fourth-order valence-corrected chi connectivity index (χ4v) is 10.7. The molecule has 1 aliphatic rings. The molecular weight excluding hydrogens is 376 g/mol. The average molecular weight is 399 g/mol. The van der Waals surface area contributed by atoms with Crippen molar-refractivity contribution in [1.82, 2.24) is 0 Å². The van der Waals surface area contributed by atoms with Crippen LogP contribution in [-0.4, -0.2) is 8.07 Å². The third-order valence-electron chi connectivity index (χ3n) is 6.62. The van der Waals surface area contributed by atoms with Gasteiger partial charge in [0.15, 0.2) is 8.07 Å². The Morgan fingerprint density at radius 3 is 2.00 bits per heavy atom. The topological polar surface area (TPSA) is 0 Å². The number of rotatable bonds is 2. The highest BCUT2D eigenvalue weighted by molar-refractivity contribution is 7.23. The summed E-state index contributed by atoms with van der Waals surface area (Å²) in [6.45, 7) is 2.17. The van der Waals surface area contributed by atoms with Crippen molar-refractivity contribution >= 4 is 39.6 Å². The van der Waals surface area contributed by atoms with E-state index in [1.165, 1.54) is 48.2 Å². The summed E-state index contributed by atoms with van der Waals surface area (Å²) in [4.78, 5) is 0. The number of hydrogen-bond acceptors (Lipinski definition) is 0. The summed E-state index contributed by atoms with van der Waals surface area (Å²) in [6, 6.07) is 43.2. The lowest BCUT2D eigenvalue weighted by atomic mass is 10.0. The largest absolute Gasteiger partial charge is 0.181 e. The van der Waals surface area contributed by atoms with Crippen LogP contribution in [0.4, 0.5) is 0 Å². The fraction of sp³-hybridized carbons (Fsp3) is 0.0345. The third kappa shape index (κ3) is 2.27. The van der Waals surface area contributed by atoms with E-state index in [2.05, 4.69) is 122 Å². The molecule has 0 spiro atoms. The predicted molar refractivity (Wildman–Crippen MR) is 131 cm³/mol. The number of aryl methyl sites for hydroxylation is 1. The Hall–Kier alpha value is -3.42. The molecule has 6 rings (SSSR count). The van der Waals surface area contributed by atoms with Crippen molar-refractivity contribution in [1.29, 1.82) is 0 Å². The predicted octanol–water partition coefficient (Wildman–Crippen LogP) is 4.51. The van der Waals surface area contributed by atoms with E-state index in [-0.39, 0.29) is 0 Å². The normalized spacial score (nSPS) is 17.0. The summed E-state index contributed by atoms with van der Waals surface area (Å²) in [5.74, 6) is 0. The van der Waals surface area contributed by atoms with Crippen LogP contribution in [0.3, 0.4) is 0 Å². The van der Waals surface area contributed by atoms with Gasteiger partial charge in [-0.3, -0.25) is 0 Å². The van der Waals surface area contributed by atoms with Crippen molar-refractivity contribution in [3.63, 3.8) is 0 Å². The molecule has 0 saturated carbocycles. The van der Waals surface area contributed by atoms with E-state index in [9.17, 15) is 0 Å². The van der Waals surface area contributed by atoms with E-state index in [1.54, 1.807) is 0 Å². The first-order valence-corrected chi connectivity index (χ1v) is 12.5. The maximum Gasteiger partial charge on any atom is 0.181 e. The first-order valence-electron chi connectivity index (χ1n) is 10.5. The Morgan fingerprint density at radius 2 is 1.17 bits per heavy atom. The Kier molecular flexibility index (Phi) is 3.81. The molecule has 0 N–H and O–H groups in total. The van der Waals surface area contributed by atoms with Crippen LogP contribution in [0.1, 0.15) is 5.56 Å². The molecule has 0 aliphatic carbocycles. The molecule has 0 radical (unpaired) electrons. The fourth-order valence-electron chi connectivity index (χ4n) is 5.34. The van der Waals surface area contributed by atoms with Gasteiger partial charge in [-0.25, -0.2) is 0 Å². The van der Waals surface area contributed by atoms with Crippen LogP contribution in [-0.2, 0) is 0 Å².